The summed E-state index contributed by atoms with van der Waals surface area (Å²) in [6.45, 7) is 9.28. The van der Waals surface area contributed by atoms with Gasteiger partial charge in [-0.3, -0.25) is 14.4 Å². The largest absolute Gasteiger partial charge is 0.494 e. The molecule has 2 aromatic heterocycles. The third-order valence-corrected chi connectivity index (χ3v) is 9.19. The van der Waals surface area contributed by atoms with Crippen LogP contribution in [0, 0.1) is 5.92 Å². The maximum absolute atomic E-state index is 13.4. The number of thiophene rings is 1. The van der Waals surface area contributed by atoms with Gasteiger partial charge in [-0.15, -0.1) is 11.3 Å². The molecule has 1 aliphatic rings. The van der Waals surface area contributed by atoms with Crippen molar-refractivity contribution >= 4 is 29.1 Å². The zero-order valence-corrected chi connectivity index (χ0v) is 26.8. The number of rotatable bonds is 11. The first kappa shape index (κ1) is 31.8. The smallest absolute Gasteiger partial charge is 0.310 e. The van der Waals surface area contributed by atoms with Crippen molar-refractivity contribution in [3.63, 3.8) is 0 Å². The minimum Gasteiger partial charge on any atom is -0.494 e. The number of carbonyl (C=O) groups is 3. The van der Waals surface area contributed by atoms with E-state index in [2.05, 4.69) is 43.0 Å². The molecule has 1 saturated heterocycles. The second-order valence-corrected chi connectivity index (χ2v) is 13.4. The van der Waals surface area contributed by atoms with Gasteiger partial charge in [0.2, 0.25) is 5.91 Å². The van der Waals surface area contributed by atoms with Crippen molar-refractivity contribution in [3.8, 4) is 28.3 Å². The van der Waals surface area contributed by atoms with Crippen LogP contribution in [-0.4, -0.2) is 63.5 Å². The van der Waals surface area contributed by atoms with Gasteiger partial charge < -0.3 is 20.1 Å². The highest BCUT2D eigenvalue weighted by Crippen LogP contribution is 2.30. The molecule has 234 valence electrons. The third-order valence-electron chi connectivity index (χ3n) is 7.68. The summed E-state index contributed by atoms with van der Waals surface area (Å²) in [6, 6.07) is 18.3. The fourth-order valence-corrected chi connectivity index (χ4v) is 5.91. The van der Waals surface area contributed by atoms with E-state index in [-0.39, 0.29) is 36.7 Å². The lowest BCUT2D eigenvalue weighted by molar-refractivity contribution is -0.153. The topological polar surface area (TPSA) is 122 Å². The van der Waals surface area contributed by atoms with Gasteiger partial charge in [0.05, 0.1) is 17.4 Å². The number of amides is 2. The lowest BCUT2D eigenvalue weighted by Crippen LogP contribution is -2.59. The van der Waals surface area contributed by atoms with E-state index < -0.39 is 17.9 Å². The molecular weight excluding hydrogens is 588 g/mol. The first-order valence-corrected chi connectivity index (χ1v) is 15.9. The molecule has 1 aliphatic heterocycles. The van der Waals surface area contributed by atoms with E-state index in [1.54, 1.807) is 18.5 Å². The molecule has 4 aromatic rings. The summed E-state index contributed by atoms with van der Waals surface area (Å²) in [5, 5.41) is 12.2. The SMILES string of the molecule is CCCOc1ccc(-c2cnc(-c3ccc(CC(NC(=O)c4ccc(C(C)(C)C)s4)C(=O)N4CC(C(=O)O)C4)cc3)nc2)cc1. The minimum absolute atomic E-state index is 0.0946. The van der Waals surface area contributed by atoms with Crippen molar-refractivity contribution in [1.82, 2.24) is 20.2 Å². The quantitative estimate of drug-likeness (QED) is 0.214. The van der Waals surface area contributed by atoms with Crippen molar-refractivity contribution in [2.75, 3.05) is 19.7 Å². The monoisotopic (exact) mass is 626 g/mol. The second kappa shape index (κ2) is 13.6. The lowest BCUT2D eigenvalue weighted by atomic mass is 9.95. The molecule has 1 fully saturated rings. The van der Waals surface area contributed by atoms with Crippen LogP contribution in [0.25, 0.3) is 22.5 Å². The van der Waals surface area contributed by atoms with Gasteiger partial charge >= 0.3 is 5.97 Å². The predicted octanol–water partition coefficient (Wildman–Crippen LogP) is 5.84. The van der Waals surface area contributed by atoms with Gasteiger partial charge in [0.25, 0.3) is 5.91 Å². The number of aromatic nitrogens is 2. The molecular formula is C35H38N4O5S. The Bertz CT molecular complexity index is 1640. The Morgan fingerprint density at radius 1 is 0.956 bits per heavy atom. The summed E-state index contributed by atoms with van der Waals surface area (Å²) in [5.74, 6) is -0.715. The average molecular weight is 627 g/mol. The molecule has 2 aromatic carbocycles. The first-order valence-electron chi connectivity index (χ1n) is 15.1. The molecule has 0 bridgehead atoms. The lowest BCUT2D eigenvalue weighted by Gasteiger charge is -2.38. The Morgan fingerprint density at radius 2 is 1.60 bits per heavy atom. The number of benzene rings is 2. The molecule has 0 radical (unpaired) electrons. The number of ether oxygens (including phenoxy) is 1. The fraction of sp³-hybridized carbons (Fsp3) is 0.343. The standard InChI is InChI=1S/C35H38N4O5S/c1-5-16-44-27-12-10-23(11-13-27)25-18-36-31(37-19-25)24-8-6-22(7-9-24)17-28(33(41)39-20-26(21-39)34(42)43)38-32(40)29-14-15-30(45-29)35(2,3)4/h6-15,18-19,26,28H,5,16-17,20-21H2,1-4H3,(H,38,40)(H,42,43). The fourth-order valence-electron chi connectivity index (χ4n) is 4.94. The van der Waals surface area contributed by atoms with Crippen LogP contribution < -0.4 is 10.1 Å². The molecule has 9 nitrogen and oxygen atoms in total. The zero-order valence-electron chi connectivity index (χ0n) is 25.9. The summed E-state index contributed by atoms with van der Waals surface area (Å²) in [7, 11) is 0. The summed E-state index contributed by atoms with van der Waals surface area (Å²) in [6.07, 6.45) is 4.79. The Kier molecular flexibility index (Phi) is 9.63. The zero-order chi connectivity index (χ0) is 32.1. The van der Waals surface area contributed by atoms with E-state index in [0.29, 0.717) is 17.3 Å². The Hall–Kier alpha value is -4.57. The number of nitrogens with one attached hydrogen (secondary N) is 1. The number of likely N-dealkylation sites (tertiary alicyclic amines) is 1. The molecule has 2 amide bonds. The van der Waals surface area contributed by atoms with Crippen molar-refractivity contribution in [2.45, 2.75) is 52.0 Å². The van der Waals surface area contributed by atoms with E-state index >= 15 is 0 Å². The highest BCUT2D eigenvalue weighted by Gasteiger charge is 2.39. The number of aliphatic carboxylic acids is 1. The van der Waals surface area contributed by atoms with Gasteiger partial charge in [-0.2, -0.15) is 0 Å². The molecule has 2 N–H and O–H groups in total. The third kappa shape index (κ3) is 7.75. The summed E-state index contributed by atoms with van der Waals surface area (Å²) in [5.41, 5.74) is 3.46. The van der Waals surface area contributed by atoms with Crippen LogP contribution in [0.15, 0.2) is 73.1 Å². The van der Waals surface area contributed by atoms with E-state index in [1.165, 1.54) is 16.2 Å². The number of hydrogen-bond donors (Lipinski definition) is 2. The van der Waals surface area contributed by atoms with Gasteiger partial charge in [0, 0.05) is 47.9 Å². The highest BCUT2D eigenvalue weighted by atomic mass is 32.1. The Balaban J connectivity index is 1.28. The van der Waals surface area contributed by atoms with Crippen molar-refractivity contribution < 1.29 is 24.2 Å². The van der Waals surface area contributed by atoms with Crippen LogP contribution in [0.2, 0.25) is 0 Å². The molecule has 1 unspecified atom stereocenters. The summed E-state index contributed by atoms with van der Waals surface area (Å²) in [4.78, 5) is 50.2. The first-order chi connectivity index (χ1) is 21.5. The van der Waals surface area contributed by atoms with Crippen molar-refractivity contribution in [2.24, 2.45) is 5.92 Å². The maximum atomic E-state index is 13.4. The number of nitrogens with zero attached hydrogens (tertiary/aromatic N) is 3. The molecule has 10 heteroatoms. The van der Waals surface area contributed by atoms with E-state index in [0.717, 1.165) is 39.3 Å². The summed E-state index contributed by atoms with van der Waals surface area (Å²) < 4.78 is 5.66. The van der Waals surface area contributed by atoms with Crippen LogP contribution in [0.3, 0.4) is 0 Å². The van der Waals surface area contributed by atoms with Gasteiger partial charge in [-0.25, -0.2) is 9.97 Å². The maximum Gasteiger partial charge on any atom is 0.310 e. The molecule has 1 atom stereocenters. The van der Waals surface area contributed by atoms with Crippen molar-refractivity contribution in [3.05, 3.63) is 88.4 Å². The Labute approximate surface area is 267 Å². The minimum atomic E-state index is -0.923. The van der Waals surface area contributed by atoms with Crippen LogP contribution >= 0.6 is 11.3 Å². The van der Waals surface area contributed by atoms with E-state index in [4.69, 9.17) is 4.74 Å². The molecule has 45 heavy (non-hydrogen) atoms. The molecule has 0 aliphatic carbocycles. The predicted molar refractivity (Wildman–Crippen MR) is 174 cm³/mol. The molecule has 5 rings (SSSR count). The van der Waals surface area contributed by atoms with Gasteiger partial charge in [-0.05, 0) is 47.2 Å². The molecule has 0 saturated carbocycles. The van der Waals surface area contributed by atoms with Gasteiger partial charge in [-0.1, -0.05) is 64.1 Å². The molecule has 0 spiro atoms. The van der Waals surface area contributed by atoms with Crippen molar-refractivity contribution in [1.29, 1.82) is 0 Å². The number of carbonyl (C=O) groups excluding carboxylic acids is 2. The van der Waals surface area contributed by atoms with Crippen LogP contribution in [0.5, 0.6) is 5.75 Å². The van der Waals surface area contributed by atoms with Crippen LogP contribution in [-0.2, 0) is 21.4 Å². The van der Waals surface area contributed by atoms with E-state index in [1.807, 2.05) is 54.6 Å². The normalized spacial score (nSPS) is 14.0. The van der Waals surface area contributed by atoms with Gasteiger partial charge in [0.15, 0.2) is 5.82 Å². The van der Waals surface area contributed by atoms with Gasteiger partial charge in [0.1, 0.15) is 11.8 Å². The van der Waals surface area contributed by atoms with Crippen LogP contribution in [0.1, 0.15) is 54.2 Å². The number of hydrogen-bond acceptors (Lipinski definition) is 7. The highest BCUT2D eigenvalue weighted by molar-refractivity contribution is 7.14. The molecule has 3 heterocycles. The average Bonchev–Trinajstić information content (AvgIpc) is 3.51. The Morgan fingerprint density at radius 3 is 2.18 bits per heavy atom. The second-order valence-electron chi connectivity index (χ2n) is 12.3. The summed E-state index contributed by atoms with van der Waals surface area (Å²) >= 11 is 1.41. The van der Waals surface area contributed by atoms with Crippen LogP contribution in [0.4, 0.5) is 0 Å². The number of carboxylic acid groups (broad SMARTS) is 1. The van der Waals surface area contributed by atoms with E-state index in [9.17, 15) is 19.5 Å². The number of carboxylic acids is 1.